The molecule has 1 aromatic heterocycles. The van der Waals surface area contributed by atoms with Crippen molar-refractivity contribution in [2.75, 3.05) is 0 Å². The van der Waals surface area contributed by atoms with Gasteiger partial charge in [0, 0.05) is 17.8 Å². The fraction of sp³-hybridized carbons (Fsp3) is 0. The molecule has 0 bridgehead atoms. The van der Waals surface area contributed by atoms with Crippen LogP contribution >= 0.6 is 8.58 Å². The van der Waals surface area contributed by atoms with Gasteiger partial charge >= 0.3 is 0 Å². The Hall–Kier alpha value is -0.620. The highest BCUT2D eigenvalue weighted by atomic mass is 31.1. The Balaban J connectivity index is 2.41. The molecular weight excluding hydrogens is 119 g/mol. The minimum Gasteiger partial charge on any atom is -0.306 e. The summed E-state index contributed by atoms with van der Waals surface area (Å²) >= 11 is 0. The second-order valence-electron chi connectivity index (χ2n) is 1.64. The first-order valence-corrected chi connectivity index (χ1v) is 3.49. The van der Waals surface area contributed by atoms with Gasteiger partial charge in [0.1, 0.15) is 0 Å². The third-order valence-electron chi connectivity index (χ3n) is 1.06. The van der Waals surface area contributed by atoms with Gasteiger partial charge < -0.3 is 4.57 Å². The van der Waals surface area contributed by atoms with Crippen LogP contribution in [0.1, 0.15) is 0 Å². The summed E-state index contributed by atoms with van der Waals surface area (Å²) in [5, 5.41) is 0. The Kier molecular flexibility index (Phi) is 0.762. The highest BCUT2D eigenvalue weighted by molar-refractivity contribution is 7.62. The van der Waals surface area contributed by atoms with Crippen LogP contribution in [0.15, 0.2) is 24.5 Å². The van der Waals surface area contributed by atoms with Crippen LogP contribution < -0.4 is 0 Å². The third kappa shape index (κ3) is 0.577. The van der Waals surface area contributed by atoms with Gasteiger partial charge in [0.25, 0.3) is 0 Å². The standard InChI is InChI=1S/C5H5N2P/c1-2-7(4-6-1)5-3-8-5/h1-4,8H. The predicted molar refractivity (Wildman–Crippen MR) is 34.8 cm³/mol. The van der Waals surface area contributed by atoms with E-state index in [0.29, 0.717) is 0 Å². The molecule has 0 fully saturated rings. The molecule has 40 valence electrons. The monoisotopic (exact) mass is 124 g/mol. The Bertz CT molecular complexity index is 212. The van der Waals surface area contributed by atoms with E-state index in [0.717, 1.165) is 8.58 Å². The van der Waals surface area contributed by atoms with Gasteiger partial charge in [-0.25, -0.2) is 4.98 Å². The molecule has 1 aliphatic rings. The molecule has 0 saturated carbocycles. The Morgan fingerprint density at radius 3 is 3.00 bits per heavy atom. The molecular formula is C5H5N2P. The number of imidazole rings is 1. The van der Waals surface area contributed by atoms with E-state index in [9.17, 15) is 0 Å². The Morgan fingerprint density at radius 2 is 2.50 bits per heavy atom. The zero-order valence-corrected chi connectivity index (χ0v) is 5.20. The molecule has 0 aromatic carbocycles. The first kappa shape index (κ1) is 4.28. The molecule has 0 radical (unpaired) electrons. The molecule has 0 aliphatic carbocycles. The third-order valence-corrected chi connectivity index (χ3v) is 1.86. The topological polar surface area (TPSA) is 17.8 Å². The average molecular weight is 124 g/mol. The Morgan fingerprint density at radius 1 is 1.62 bits per heavy atom. The van der Waals surface area contributed by atoms with Crippen molar-refractivity contribution >= 4 is 14.0 Å². The zero-order valence-electron chi connectivity index (χ0n) is 4.20. The normalized spacial score (nSPS) is 18.8. The van der Waals surface area contributed by atoms with Crippen LogP contribution in [0.25, 0.3) is 5.44 Å². The predicted octanol–water partition coefficient (Wildman–Crippen LogP) is 1.33. The number of nitrogens with zero attached hydrogens (tertiary/aromatic N) is 2. The second-order valence-corrected chi connectivity index (χ2v) is 2.73. The maximum atomic E-state index is 3.91. The van der Waals surface area contributed by atoms with E-state index in [4.69, 9.17) is 0 Å². The van der Waals surface area contributed by atoms with E-state index >= 15 is 0 Å². The van der Waals surface area contributed by atoms with Gasteiger partial charge in [-0.2, -0.15) is 0 Å². The van der Waals surface area contributed by atoms with Gasteiger partial charge in [-0.15, -0.1) is 0 Å². The maximum Gasteiger partial charge on any atom is 0.0991 e. The van der Waals surface area contributed by atoms with E-state index in [-0.39, 0.29) is 0 Å². The number of hydrogen-bond donors (Lipinski definition) is 0. The van der Waals surface area contributed by atoms with Gasteiger partial charge in [0.05, 0.1) is 6.33 Å². The summed E-state index contributed by atoms with van der Waals surface area (Å²) < 4.78 is 2.04. The minimum absolute atomic E-state index is 0.933. The summed E-state index contributed by atoms with van der Waals surface area (Å²) in [6.45, 7) is 0. The molecule has 0 amide bonds. The number of rotatable bonds is 1. The summed E-state index contributed by atoms with van der Waals surface area (Å²) in [4.78, 5) is 3.91. The highest BCUT2D eigenvalue weighted by Crippen LogP contribution is 2.45. The molecule has 2 nitrogen and oxygen atoms in total. The van der Waals surface area contributed by atoms with E-state index in [1.54, 1.807) is 6.20 Å². The van der Waals surface area contributed by atoms with Crippen LogP contribution in [0, 0.1) is 0 Å². The fourth-order valence-electron chi connectivity index (χ4n) is 0.583. The number of hydrogen-bond acceptors (Lipinski definition) is 1. The molecule has 1 aromatic rings. The first-order valence-electron chi connectivity index (χ1n) is 2.42. The zero-order chi connectivity index (χ0) is 5.40. The summed E-state index contributed by atoms with van der Waals surface area (Å²) in [5.41, 5.74) is 1.39. The van der Waals surface area contributed by atoms with E-state index in [1.807, 2.05) is 17.1 Å². The molecule has 1 aliphatic heterocycles. The molecule has 1 atom stereocenters. The lowest BCUT2D eigenvalue weighted by Gasteiger charge is -1.86. The smallest absolute Gasteiger partial charge is 0.0991 e. The summed E-state index contributed by atoms with van der Waals surface area (Å²) in [5.74, 6) is 2.20. The van der Waals surface area contributed by atoms with E-state index in [1.165, 1.54) is 5.44 Å². The lowest BCUT2D eigenvalue weighted by atomic mass is 10.9. The van der Waals surface area contributed by atoms with Crippen molar-refractivity contribution < 1.29 is 0 Å². The lowest BCUT2D eigenvalue weighted by molar-refractivity contribution is 1.13. The molecule has 2 rings (SSSR count). The van der Waals surface area contributed by atoms with Crippen molar-refractivity contribution in [2.45, 2.75) is 0 Å². The van der Waals surface area contributed by atoms with Gasteiger partial charge in [0.2, 0.25) is 0 Å². The molecule has 3 heteroatoms. The maximum absolute atomic E-state index is 3.91. The Labute approximate surface area is 49.0 Å². The quantitative estimate of drug-likeness (QED) is 0.516. The van der Waals surface area contributed by atoms with Gasteiger partial charge in [-0.1, -0.05) is 0 Å². The van der Waals surface area contributed by atoms with E-state index in [2.05, 4.69) is 10.8 Å². The van der Waals surface area contributed by atoms with Crippen molar-refractivity contribution in [3.8, 4) is 0 Å². The van der Waals surface area contributed by atoms with Crippen molar-refractivity contribution in [3.05, 3.63) is 24.5 Å². The largest absolute Gasteiger partial charge is 0.306 e. The molecule has 0 saturated heterocycles. The molecule has 0 N–H and O–H groups in total. The van der Waals surface area contributed by atoms with Crippen molar-refractivity contribution in [3.63, 3.8) is 0 Å². The van der Waals surface area contributed by atoms with Crippen LogP contribution in [0.4, 0.5) is 0 Å². The lowest BCUT2D eigenvalue weighted by Crippen LogP contribution is -1.77. The SMILES string of the molecule is C1=C(n2ccnc2)P1. The van der Waals surface area contributed by atoms with Gasteiger partial charge in [-0.05, 0) is 14.4 Å². The van der Waals surface area contributed by atoms with Gasteiger partial charge in [0.15, 0.2) is 0 Å². The minimum atomic E-state index is 0.933. The highest BCUT2D eigenvalue weighted by Gasteiger charge is 2.06. The molecule has 8 heavy (non-hydrogen) atoms. The van der Waals surface area contributed by atoms with Crippen molar-refractivity contribution in [1.82, 2.24) is 9.55 Å². The van der Waals surface area contributed by atoms with Crippen LogP contribution in [-0.4, -0.2) is 9.55 Å². The van der Waals surface area contributed by atoms with Crippen molar-refractivity contribution in [1.29, 1.82) is 0 Å². The summed E-state index contributed by atoms with van der Waals surface area (Å²) in [7, 11) is 0.933. The first-order chi connectivity index (χ1) is 3.97. The molecule has 1 unspecified atom stereocenters. The van der Waals surface area contributed by atoms with Crippen LogP contribution in [0.3, 0.4) is 0 Å². The van der Waals surface area contributed by atoms with Crippen LogP contribution in [-0.2, 0) is 0 Å². The second kappa shape index (κ2) is 1.43. The van der Waals surface area contributed by atoms with E-state index < -0.39 is 0 Å². The number of aromatic nitrogens is 2. The van der Waals surface area contributed by atoms with Crippen LogP contribution in [0.2, 0.25) is 0 Å². The van der Waals surface area contributed by atoms with Crippen LogP contribution in [0.5, 0.6) is 0 Å². The molecule has 2 heterocycles. The fourth-order valence-corrected chi connectivity index (χ4v) is 1.08. The molecule has 0 spiro atoms. The summed E-state index contributed by atoms with van der Waals surface area (Å²) in [6, 6.07) is 0. The van der Waals surface area contributed by atoms with Crippen molar-refractivity contribution in [2.24, 2.45) is 0 Å². The summed E-state index contributed by atoms with van der Waals surface area (Å²) in [6.07, 6.45) is 5.58. The van der Waals surface area contributed by atoms with Gasteiger partial charge in [-0.3, -0.25) is 0 Å². The average Bonchev–Trinajstić information content (AvgIpc) is 2.49.